The van der Waals surface area contributed by atoms with Crippen molar-refractivity contribution in [2.24, 2.45) is 0 Å². The first kappa shape index (κ1) is 17.2. The Bertz CT molecular complexity index is 1190. The molecule has 0 aliphatic heterocycles. The second kappa shape index (κ2) is 6.81. The van der Waals surface area contributed by atoms with Crippen molar-refractivity contribution < 1.29 is 13.5 Å². The van der Waals surface area contributed by atoms with Crippen LogP contribution >= 0.6 is 11.6 Å². The van der Waals surface area contributed by atoms with Crippen molar-refractivity contribution >= 4 is 17.2 Å². The standard InChI is InChI=1S/C18H11ClF2N4O2/c19-12-2-4-13(5-3-12)27-17-16-23-25(18(26)24(16)8-7-22-17)10-11-1-6-14(20)15(21)9-11/h1-9H,10H2. The second-order valence-electron chi connectivity index (χ2n) is 5.67. The predicted octanol–water partition coefficient (Wildman–Crippen LogP) is 3.66. The van der Waals surface area contributed by atoms with Gasteiger partial charge < -0.3 is 4.74 Å². The van der Waals surface area contributed by atoms with Crippen molar-refractivity contribution in [3.8, 4) is 11.6 Å². The minimum atomic E-state index is -0.988. The number of rotatable bonds is 4. The molecule has 0 fully saturated rings. The Hall–Kier alpha value is -3.26. The summed E-state index contributed by atoms with van der Waals surface area (Å²) in [7, 11) is 0. The quantitative estimate of drug-likeness (QED) is 0.535. The van der Waals surface area contributed by atoms with Crippen molar-refractivity contribution in [1.82, 2.24) is 19.2 Å². The lowest BCUT2D eigenvalue weighted by atomic mass is 10.2. The fraction of sp³-hybridized carbons (Fsp3) is 0.0556. The molecule has 0 aliphatic carbocycles. The van der Waals surface area contributed by atoms with Crippen molar-refractivity contribution in [3.63, 3.8) is 0 Å². The molecule has 2 aromatic carbocycles. The van der Waals surface area contributed by atoms with E-state index in [0.29, 0.717) is 16.3 Å². The van der Waals surface area contributed by atoms with Crippen molar-refractivity contribution in [2.45, 2.75) is 6.54 Å². The molecule has 0 N–H and O–H groups in total. The third kappa shape index (κ3) is 3.39. The van der Waals surface area contributed by atoms with Crippen LogP contribution < -0.4 is 10.4 Å². The van der Waals surface area contributed by atoms with Gasteiger partial charge in [0.15, 0.2) is 11.6 Å². The zero-order valence-corrected chi connectivity index (χ0v) is 14.4. The van der Waals surface area contributed by atoms with E-state index in [4.69, 9.17) is 16.3 Å². The van der Waals surface area contributed by atoms with E-state index in [1.807, 2.05) is 0 Å². The van der Waals surface area contributed by atoms with Gasteiger partial charge in [-0.2, -0.15) is 0 Å². The van der Waals surface area contributed by atoms with Gasteiger partial charge in [0.05, 0.1) is 6.54 Å². The third-order valence-electron chi connectivity index (χ3n) is 3.81. The van der Waals surface area contributed by atoms with Crippen LogP contribution in [0.1, 0.15) is 5.56 Å². The molecule has 0 atom stereocenters. The number of nitrogens with zero attached hydrogens (tertiary/aromatic N) is 4. The Labute approximate surface area is 156 Å². The molecule has 0 radical (unpaired) electrons. The first-order chi connectivity index (χ1) is 13.0. The van der Waals surface area contributed by atoms with Gasteiger partial charge in [0.25, 0.3) is 5.88 Å². The summed E-state index contributed by atoms with van der Waals surface area (Å²) in [5.41, 5.74) is 0.130. The highest BCUT2D eigenvalue weighted by Crippen LogP contribution is 2.23. The Morgan fingerprint density at radius 3 is 2.59 bits per heavy atom. The maximum absolute atomic E-state index is 13.4. The first-order valence-electron chi connectivity index (χ1n) is 7.83. The average molecular weight is 389 g/mol. The van der Waals surface area contributed by atoms with E-state index in [1.54, 1.807) is 24.3 Å². The molecule has 0 bridgehead atoms. The third-order valence-corrected chi connectivity index (χ3v) is 4.07. The van der Waals surface area contributed by atoms with Gasteiger partial charge in [0.2, 0.25) is 5.65 Å². The van der Waals surface area contributed by atoms with Crippen LogP contribution in [-0.4, -0.2) is 19.2 Å². The lowest BCUT2D eigenvalue weighted by Crippen LogP contribution is -2.21. The fourth-order valence-corrected chi connectivity index (χ4v) is 2.65. The normalized spacial score (nSPS) is 11.1. The highest BCUT2D eigenvalue weighted by atomic mass is 35.5. The Balaban J connectivity index is 1.71. The highest BCUT2D eigenvalue weighted by molar-refractivity contribution is 6.30. The van der Waals surface area contributed by atoms with Crippen LogP contribution in [0.3, 0.4) is 0 Å². The van der Waals surface area contributed by atoms with Crippen LogP contribution in [0.15, 0.2) is 59.7 Å². The van der Waals surface area contributed by atoms with Gasteiger partial charge in [-0.25, -0.2) is 27.6 Å². The topological polar surface area (TPSA) is 61.4 Å². The summed E-state index contributed by atoms with van der Waals surface area (Å²) in [4.78, 5) is 16.6. The number of fused-ring (bicyclic) bond motifs is 1. The zero-order valence-electron chi connectivity index (χ0n) is 13.6. The molecule has 4 rings (SSSR count). The van der Waals surface area contributed by atoms with Crippen molar-refractivity contribution in [1.29, 1.82) is 0 Å². The van der Waals surface area contributed by atoms with E-state index in [1.165, 1.54) is 22.9 Å². The molecule has 0 aliphatic rings. The second-order valence-corrected chi connectivity index (χ2v) is 6.11. The lowest BCUT2D eigenvalue weighted by Gasteiger charge is -2.04. The van der Waals surface area contributed by atoms with E-state index >= 15 is 0 Å². The van der Waals surface area contributed by atoms with Crippen molar-refractivity contribution in [2.75, 3.05) is 0 Å². The van der Waals surface area contributed by atoms with E-state index in [2.05, 4.69) is 10.1 Å². The number of aromatic nitrogens is 4. The minimum Gasteiger partial charge on any atom is -0.436 e. The van der Waals surface area contributed by atoms with Crippen LogP contribution in [0.5, 0.6) is 11.6 Å². The number of hydrogen-bond acceptors (Lipinski definition) is 4. The number of halogens is 3. The summed E-state index contributed by atoms with van der Waals surface area (Å²) in [5.74, 6) is -1.34. The van der Waals surface area contributed by atoms with E-state index in [-0.39, 0.29) is 18.1 Å². The highest BCUT2D eigenvalue weighted by Gasteiger charge is 2.14. The molecule has 0 spiro atoms. The van der Waals surface area contributed by atoms with Crippen LogP contribution in [0.4, 0.5) is 8.78 Å². The summed E-state index contributed by atoms with van der Waals surface area (Å²) in [6, 6.07) is 10.0. The van der Waals surface area contributed by atoms with Gasteiger partial charge in [-0.05, 0) is 42.0 Å². The molecule has 0 amide bonds. The molecule has 0 unspecified atom stereocenters. The zero-order chi connectivity index (χ0) is 19.0. The Morgan fingerprint density at radius 1 is 1.07 bits per heavy atom. The number of hydrogen-bond donors (Lipinski definition) is 0. The van der Waals surface area contributed by atoms with Gasteiger partial charge >= 0.3 is 5.69 Å². The SMILES string of the molecule is O=c1n(Cc2ccc(F)c(F)c2)nc2c(Oc3ccc(Cl)cc3)nccn12. The molecule has 2 heterocycles. The summed E-state index contributed by atoms with van der Waals surface area (Å²) >= 11 is 5.85. The summed E-state index contributed by atoms with van der Waals surface area (Å²) in [5, 5.41) is 4.77. The fourth-order valence-electron chi connectivity index (χ4n) is 2.53. The minimum absolute atomic E-state index is 0.0297. The van der Waals surface area contributed by atoms with Gasteiger partial charge in [0.1, 0.15) is 5.75 Å². The van der Waals surface area contributed by atoms with Crippen LogP contribution in [0.2, 0.25) is 5.02 Å². The predicted molar refractivity (Wildman–Crippen MR) is 94.2 cm³/mol. The Kier molecular flexibility index (Phi) is 4.33. The van der Waals surface area contributed by atoms with Gasteiger partial charge in [-0.15, -0.1) is 5.10 Å². The molecule has 0 saturated heterocycles. The van der Waals surface area contributed by atoms with Crippen LogP contribution in [-0.2, 0) is 6.54 Å². The van der Waals surface area contributed by atoms with Crippen molar-refractivity contribution in [3.05, 3.63) is 87.6 Å². The molecule has 27 heavy (non-hydrogen) atoms. The van der Waals surface area contributed by atoms with Crippen LogP contribution in [0, 0.1) is 11.6 Å². The van der Waals surface area contributed by atoms with E-state index in [9.17, 15) is 13.6 Å². The lowest BCUT2D eigenvalue weighted by molar-refractivity contribution is 0.464. The Morgan fingerprint density at radius 2 is 1.85 bits per heavy atom. The van der Waals surface area contributed by atoms with Gasteiger partial charge in [-0.3, -0.25) is 0 Å². The van der Waals surface area contributed by atoms with Crippen LogP contribution in [0.25, 0.3) is 5.65 Å². The molecule has 0 saturated carbocycles. The monoisotopic (exact) mass is 388 g/mol. The molecule has 136 valence electrons. The van der Waals surface area contributed by atoms with E-state index < -0.39 is 17.3 Å². The maximum atomic E-state index is 13.4. The summed E-state index contributed by atoms with van der Waals surface area (Å²) < 4.78 is 34.5. The molecule has 9 heteroatoms. The smallest absolute Gasteiger partial charge is 0.350 e. The largest absolute Gasteiger partial charge is 0.436 e. The first-order valence-corrected chi connectivity index (χ1v) is 8.20. The number of ether oxygens (including phenoxy) is 1. The van der Waals surface area contributed by atoms with Gasteiger partial charge in [-0.1, -0.05) is 17.7 Å². The summed E-state index contributed by atoms with van der Waals surface area (Å²) in [6.07, 6.45) is 2.85. The maximum Gasteiger partial charge on any atom is 0.350 e. The molecule has 6 nitrogen and oxygen atoms in total. The van der Waals surface area contributed by atoms with E-state index in [0.717, 1.165) is 16.8 Å². The van der Waals surface area contributed by atoms with Gasteiger partial charge in [0, 0.05) is 17.4 Å². The molecule has 4 aromatic rings. The molecular weight excluding hydrogens is 378 g/mol. The molecule has 2 aromatic heterocycles. The summed E-state index contributed by atoms with van der Waals surface area (Å²) in [6.45, 7) is -0.0297. The number of benzene rings is 2. The molecular formula is C18H11ClF2N4O2. The average Bonchev–Trinajstić information content (AvgIpc) is 2.97.